The molecular weight excluding hydrogens is 260 g/mol. The summed E-state index contributed by atoms with van der Waals surface area (Å²) in [5.41, 5.74) is 3.27. The van der Waals surface area contributed by atoms with Crippen LogP contribution in [-0.4, -0.2) is 5.97 Å². The van der Waals surface area contributed by atoms with Crippen LogP contribution in [-0.2, 0) is 9.53 Å². The number of hydrogen-bond donors (Lipinski definition) is 0. The molecule has 0 atom stereocenters. The first kappa shape index (κ1) is 17.0. The first-order valence-corrected chi connectivity index (χ1v) is 7.32. The van der Waals surface area contributed by atoms with Crippen LogP contribution in [0.3, 0.4) is 0 Å². The van der Waals surface area contributed by atoms with Crippen LogP contribution in [0, 0.1) is 0 Å². The van der Waals surface area contributed by atoms with Crippen LogP contribution in [0.1, 0.15) is 45.6 Å². The largest absolute Gasteiger partial charge is 0.432 e. The summed E-state index contributed by atoms with van der Waals surface area (Å²) in [6.45, 7) is 6.10. The fraction of sp³-hybridized carbons (Fsp3) is 0.316. The van der Waals surface area contributed by atoms with Crippen molar-refractivity contribution in [1.82, 2.24) is 0 Å². The summed E-state index contributed by atoms with van der Waals surface area (Å²) in [6, 6.07) is 9.79. The summed E-state index contributed by atoms with van der Waals surface area (Å²) >= 11 is 0. The Hall–Kier alpha value is -2.09. The first-order chi connectivity index (χ1) is 10.1. The van der Waals surface area contributed by atoms with E-state index in [2.05, 4.69) is 19.9 Å². The van der Waals surface area contributed by atoms with Gasteiger partial charge < -0.3 is 4.74 Å². The van der Waals surface area contributed by atoms with Gasteiger partial charge in [0.1, 0.15) is 0 Å². The zero-order valence-corrected chi connectivity index (χ0v) is 13.1. The van der Waals surface area contributed by atoms with Crippen molar-refractivity contribution in [1.29, 1.82) is 0 Å². The lowest BCUT2D eigenvalue weighted by Gasteiger charge is -2.00. The minimum atomic E-state index is -0.336. The monoisotopic (exact) mass is 284 g/mol. The van der Waals surface area contributed by atoms with E-state index in [0.29, 0.717) is 0 Å². The summed E-state index contributed by atoms with van der Waals surface area (Å²) < 4.78 is 5.05. The molecule has 0 saturated carbocycles. The smallest absolute Gasteiger partial charge is 0.335 e. The van der Waals surface area contributed by atoms with Crippen molar-refractivity contribution < 1.29 is 9.53 Å². The number of hydrogen-bond acceptors (Lipinski definition) is 2. The molecular formula is C19H24O2. The highest BCUT2D eigenvalue weighted by atomic mass is 16.5. The molecule has 112 valence electrons. The third-order valence-electron chi connectivity index (χ3n) is 2.97. The summed E-state index contributed by atoms with van der Waals surface area (Å²) in [6.07, 6.45) is 10.2. The summed E-state index contributed by atoms with van der Waals surface area (Å²) in [4.78, 5) is 11.6. The van der Waals surface area contributed by atoms with E-state index in [4.69, 9.17) is 4.74 Å². The molecule has 0 bridgehead atoms. The van der Waals surface area contributed by atoms with Crippen molar-refractivity contribution in [3.63, 3.8) is 0 Å². The van der Waals surface area contributed by atoms with E-state index in [1.807, 2.05) is 43.3 Å². The van der Waals surface area contributed by atoms with Crippen LogP contribution >= 0.6 is 0 Å². The molecule has 0 aliphatic carbocycles. The number of carbonyl (C=O) groups is 1. The van der Waals surface area contributed by atoms with Crippen molar-refractivity contribution in [3.8, 4) is 0 Å². The molecule has 2 heteroatoms. The molecule has 0 fully saturated rings. The number of unbranched alkanes of at least 4 members (excludes halogenated alkanes) is 2. The third kappa shape index (κ3) is 7.93. The summed E-state index contributed by atoms with van der Waals surface area (Å²) in [5.74, 6) is -0.336. The number of carbonyl (C=O) groups excluding carboxylic acids is 1. The molecule has 1 aromatic carbocycles. The fourth-order valence-electron chi connectivity index (χ4n) is 1.80. The highest BCUT2D eigenvalue weighted by Crippen LogP contribution is 2.12. The van der Waals surface area contributed by atoms with Gasteiger partial charge in [-0.2, -0.15) is 0 Å². The van der Waals surface area contributed by atoms with Crippen molar-refractivity contribution in [2.24, 2.45) is 0 Å². The normalized spacial score (nSPS) is 11.5. The number of benzene rings is 1. The molecule has 0 radical (unpaired) electrons. The van der Waals surface area contributed by atoms with Gasteiger partial charge in [-0.15, -0.1) is 0 Å². The predicted octanol–water partition coefficient (Wildman–Crippen LogP) is 5.28. The van der Waals surface area contributed by atoms with Crippen molar-refractivity contribution >= 4 is 11.5 Å². The molecule has 0 heterocycles. The van der Waals surface area contributed by atoms with Crippen molar-refractivity contribution in [2.45, 2.75) is 40.0 Å². The van der Waals surface area contributed by atoms with Gasteiger partial charge in [0.2, 0.25) is 0 Å². The molecule has 0 N–H and O–H groups in total. The number of allylic oxidation sites excluding steroid dienone is 4. The molecule has 0 aromatic heterocycles. The lowest BCUT2D eigenvalue weighted by atomic mass is 10.1. The lowest BCUT2D eigenvalue weighted by molar-refractivity contribution is -0.132. The fourth-order valence-corrected chi connectivity index (χ4v) is 1.80. The Morgan fingerprint density at radius 2 is 1.81 bits per heavy atom. The molecule has 0 saturated heterocycles. The molecule has 21 heavy (non-hydrogen) atoms. The van der Waals surface area contributed by atoms with Gasteiger partial charge in [0.25, 0.3) is 0 Å². The standard InChI is InChI=1S/C19H24O2/c1-16(2)11-7-4-5-10-14-21-19(20)15-17(3)18-12-8-6-9-13-18/h6,8-15H,4-5,7H2,1-3H3. The van der Waals surface area contributed by atoms with Gasteiger partial charge in [0, 0.05) is 6.08 Å². The topological polar surface area (TPSA) is 26.3 Å². The summed E-state index contributed by atoms with van der Waals surface area (Å²) in [5, 5.41) is 0. The van der Waals surface area contributed by atoms with Gasteiger partial charge in [0.15, 0.2) is 0 Å². The second-order valence-electron chi connectivity index (χ2n) is 5.21. The Bertz CT molecular complexity index is 518. The number of rotatable bonds is 7. The van der Waals surface area contributed by atoms with Crippen LogP contribution in [0.15, 0.2) is 60.4 Å². The van der Waals surface area contributed by atoms with Gasteiger partial charge in [-0.1, -0.05) is 42.0 Å². The quantitative estimate of drug-likeness (QED) is 0.224. The molecule has 0 spiro atoms. The third-order valence-corrected chi connectivity index (χ3v) is 2.97. The van der Waals surface area contributed by atoms with Crippen LogP contribution < -0.4 is 0 Å². The highest BCUT2D eigenvalue weighted by molar-refractivity contribution is 5.91. The zero-order valence-electron chi connectivity index (χ0n) is 13.1. The van der Waals surface area contributed by atoms with E-state index in [9.17, 15) is 4.79 Å². The Labute approximate surface area is 127 Å². The molecule has 2 nitrogen and oxygen atoms in total. The second-order valence-corrected chi connectivity index (χ2v) is 5.21. The van der Waals surface area contributed by atoms with Gasteiger partial charge in [-0.05, 0) is 57.2 Å². The molecule has 0 aliphatic rings. The minimum Gasteiger partial charge on any atom is -0.432 e. The Morgan fingerprint density at radius 1 is 1.10 bits per heavy atom. The van der Waals surface area contributed by atoms with Gasteiger partial charge in [0.05, 0.1) is 6.26 Å². The van der Waals surface area contributed by atoms with Gasteiger partial charge >= 0.3 is 5.97 Å². The number of esters is 1. The van der Waals surface area contributed by atoms with Crippen LogP contribution in [0.2, 0.25) is 0 Å². The SMILES string of the molecule is CC(C)=CCCCC=COC(=O)C=C(C)c1ccccc1. The van der Waals surface area contributed by atoms with E-state index in [1.165, 1.54) is 17.9 Å². The predicted molar refractivity (Wildman–Crippen MR) is 88.6 cm³/mol. The maximum absolute atomic E-state index is 11.6. The molecule has 0 unspecified atom stereocenters. The van der Waals surface area contributed by atoms with Crippen molar-refractivity contribution in [3.05, 3.63) is 66.0 Å². The Morgan fingerprint density at radius 3 is 2.48 bits per heavy atom. The molecule has 0 aliphatic heterocycles. The van der Waals surface area contributed by atoms with Gasteiger partial charge in [-0.25, -0.2) is 4.79 Å². The highest BCUT2D eigenvalue weighted by Gasteiger charge is 1.99. The average molecular weight is 284 g/mol. The van der Waals surface area contributed by atoms with E-state index < -0.39 is 0 Å². The molecule has 0 amide bonds. The zero-order chi connectivity index (χ0) is 15.5. The Kier molecular flexibility index (Phi) is 7.88. The van der Waals surface area contributed by atoms with E-state index >= 15 is 0 Å². The molecule has 1 rings (SSSR count). The van der Waals surface area contributed by atoms with Gasteiger partial charge in [-0.3, -0.25) is 0 Å². The van der Waals surface area contributed by atoms with Crippen LogP contribution in [0.5, 0.6) is 0 Å². The van der Waals surface area contributed by atoms with Crippen LogP contribution in [0.25, 0.3) is 5.57 Å². The maximum Gasteiger partial charge on any atom is 0.335 e. The summed E-state index contributed by atoms with van der Waals surface area (Å²) in [7, 11) is 0. The minimum absolute atomic E-state index is 0.336. The van der Waals surface area contributed by atoms with E-state index in [0.717, 1.165) is 30.4 Å². The maximum atomic E-state index is 11.6. The lowest BCUT2D eigenvalue weighted by Crippen LogP contribution is -1.95. The first-order valence-electron chi connectivity index (χ1n) is 7.32. The van der Waals surface area contributed by atoms with Crippen molar-refractivity contribution in [2.75, 3.05) is 0 Å². The van der Waals surface area contributed by atoms with Crippen LogP contribution in [0.4, 0.5) is 0 Å². The average Bonchev–Trinajstić information content (AvgIpc) is 2.46. The number of ether oxygens (including phenoxy) is 1. The van der Waals surface area contributed by atoms with E-state index in [-0.39, 0.29) is 5.97 Å². The van der Waals surface area contributed by atoms with E-state index in [1.54, 1.807) is 0 Å². The Balaban J connectivity index is 2.32. The second kappa shape index (κ2) is 9.76. The molecule has 1 aromatic rings.